The van der Waals surface area contributed by atoms with Gasteiger partial charge in [-0.1, -0.05) is 24.3 Å². The Labute approximate surface area is 139 Å². The zero-order chi connectivity index (χ0) is 16.2. The van der Waals surface area contributed by atoms with E-state index in [0.29, 0.717) is 18.7 Å². The van der Waals surface area contributed by atoms with E-state index >= 15 is 0 Å². The first-order valence-corrected chi connectivity index (χ1v) is 7.01. The van der Waals surface area contributed by atoms with Crippen molar-refractivity contribution in [2.24, 2.45) is 5.73 Å². The van der Waals surface area contributed by atoms with Gasteiger partial charge >= 0.3 is 6.18 Å². The first-order valence-electron chi connectivity index (χ1n) is 7.01. The Kier molecular flexibility index (Phi) is 6.91. The maximum atomic E-state index is 12.6. The van der Waals surface area contributed by atoms with E-state index < -0.39 is 11.7 Å². The van der Waals surface area contributed by atoms with E-state index in [2.05, 4.69) is 0 Å². The second-order valence-electron chi connectivity index (χ2n) is 5.06. The molecular weight excluding hydrogens is 327 g/mol. The van der Waals surface area contributed by atoms with Gasteiger partial charge in [0, 0.05) is 6.42 Å². The predicted octanol–water partition coefficient (Wildman–Crippen LogP) is 4.90. The highest BCUT2D eigenvalue weighted by Gasteiger charge is 2.30. The van der Waals surface area contributed by atoms with Crippen LogP contribution in [0.3, 0.4) is 0 Å². The molecule has 2 nitrogen and oxygen atoms in total. The van der Waals surface area contributed by atoms with Gasteiger partial charge in [-0.25, -0.2) is 0 Å². The topological polar surface area (TPSA) is 35.2 Å². The second-order valence-corrected chi connectivity index (χ2v) is 5.06. The summed E-state index contributed by atoms with van der Waals surface area (Å²) in [6.07, 6.45) is -4.03. The molecule has 0 saturated heterocycles. The number of benzene rings is 2. The first-order chi connectivity index (χ1) is 10.4. The monoisotopic (exact) mass is 345 g/mol. The van der Waals surface area contributed by atoms with E-state index in [0.717, 1.165) is 23.3 Å². The van der Waals surface area contributed by atoms with E-state index in [-0.39, 0.29) is 18.5 Å². The lowest BCUT2D eigenvalue weighted by molar-refractivity contribution is -0.137. The molecule has 6 heteroatoms. The molecule has 23 heavy (non-hydrogen) atoms. The summed E-state index contributed by atoms with van der Waals surface area (Å²) in [6, 6.07) is 12.5. The van der Waals surface area contributed by atoms with Crippen molar-refractivity contribution in [1.82, 2.24) is 0 Å². The summed E-state index contributed by atoms with van der Waals surface area (Å²) < 4.78 is 43.5. The van der Waals surface area contributed by atoms with Gasteiger partial charge in [0.1, 0.15) is 11.9 Å². The van der Waals surface area contributed by atoms with Crippen molar-refractivity contribution in [3.8, 4) is 5.75 Å². The fraction of sp³-hybridized carbons (Fsp3) is 0.294. The van der Waals surface area contributed by atoms with Crippen molar-refractivity contribution in [2.75, 3.05) is 6.54 Å². The molecule has 2 aromatic rings. The van der Waals surface area contributed by atoms with Crippen LogP contribution in [-0.4, -0.2) is 6.54 Å². The molecule has 0 aliphatic carbocycles. The number of aryl methyl sites for hydroxylation is 1. The number of hydrogen-bond acceptors (Lipinski definition) is 2. The van der Waals surface area contributed by atoms with Crippen LogP contribution in [-0.2, 0) is 6.18 Å². The molecule has 2 N–H and O–H groups in total. The number of rotatable bonds is 5. The summed E-state index contributed by atoms with van der Waals surface area (Å²) in [5.74, 6) is 0.398. The molecule has 1 unspecified atom stereocenters. The normalized spacial score (nSPS) is 12.4. The van der Waals surface area contributed by atoms with Crippen LogP contribution >= 0.6 is 12.4 Å². The number of nitrogens with two attached hydrogens (primary N) is 1. The van der Waals surface area contributed by atoms with Gasteiger partial charge in [0.25, 0.3) is 0 Å². The van der Waals surface area contributed by atoms with Gasteiger partial charge in [0.15, 0.2) is 0 Å². The van der Waals surface area contributed by atoms with E-state index in [1.807, 2.05) is 31.2 Å². The number of alkyl halides is 3. The smallest absolute Gasteiger partial charge is 0.416 e. The van der Waals surface area contributed by atoms with Gasteiger partial charge < -0.3 is 10.5 Å². The van der Waals surface area contributed by atoms with Gasteiger partial charge in [-0.2, -0.15) is 13.2 Å². The van der Waals surface area contributed by atoms with Crippen LogP contribution in [0.15, 0.2) is 48.5 Å². The number of hydrogen-bond donors (Lipinski definition) is 1. The summed E-state index contributed by atoms with van der Waals surface area (Å²) in [4.78, 5) is 0. The molecule has 0 saturated carbocycles. The zero-order valence-corrected chi connectivity index (χ0v) is 13.5. The molecule has 0 bridgehead atoms. The lowest BCUT2D eigenvalue weighted by atomic mass is 10.0. The van der Waals surface area contributed by atoms with Gasteiger partial charge in [-0.3, -0.25) is 0 Å². The molecule has 0 aliphatic rings. The minimum absolute atomic E-state index is 0. The quantitative estimate of drug-likeness (QED) is 0.836. The lowest BCUT2D eigenvalue weighted by Crippen LogP contribution is -2.14. The van der Waals surface area contributed by atoms with Crippen molar-refractivity contribution in [2.45, 2.75) is 25.6 Å². The maximum absolute atomic E-state index is 12.6. The fourth-order valence-electron chi connectivity index (χ4n) is 2.26. The lowest BCUT2D eigenvalue weighted by Gasteiger charge is -2.21. The minimum atomic E-state index is -4.34. The van der Waals surface area contributed by atoms with Crippen LogP contribution in [0.5, 0.6) is 5.75 Å². The van der Waals surface area contributed by atoms with Gasteiger partial charge in [0.2, 0.25) is 0 Å². The maximum Gasteiger partial charge on any atom is 0.416 e. The summed E-state index contributed by atoms with van der Waals surface area (Å²) in [7, 11) is 0. The van der Waals surface area contributed by atoms with Crippen molar-refractivity contribution < 1.29 is 17.9 Å². The van der Waals surface area contributed by atoms with Crippen LogP contribution in [0.1, 0.15) is 29.2 Å². The molecule has 0 amide bonds. The van der Waals surface area contributed by atoms with Crippen LogP contribution in [0.25, 0.3) is 0 Å². The molecule has 126 valence electrons. The van der Waals surface area contributed by atoms with Gasteiger partial charge in [0.05, 0.1) is 5.56 Å². The highest BCUT2D eigenvalue weighted by atomic mass is 35.5. The van der Waals surface area contributed by atoms with E-state index in [9.17, 15) is 13.2 Å². The number of ether oxygens (including phenoxy) is 1. The third-order valence-corrected chi connectivity index (χ3v) is 3.42. The zero-order valence-electron chi connectivity index (χ0n) is 12.6. The van der Waals surface area contributed by atoms with Crippen LogP contribution in [0, 0.1) is 6.92 Å². The molecule has 0 spiro atoms. The van der Waals surface area contributed by atoms with Crippen molar-refractivity contribution in [1.29, 1.82) is 0 Å². The molecule has 0 fully saturated rings. The molecule has 0 heterocycles. The standard InChI is InChI=1S/C17H18F3NO.ClH/c1-12-4-2-3-5-15(12)16(10-11-21)22-14-8-6-13(7-9-14)17(18,19)20;/h2-9,16H,10-11,21H2,1H3;1H. The Balaban J connectivity index is 0.00000264. The van der Waals surface area contributed by atoms with E-state index in [4.69, 9.17) is 10.5 Å². The third-order valence-electron chi connectivity index (χ3n) is 3.42. The van der Waals surface area contributed by atoms with Gasteiger partial charge in [-0.15, -0.1) is 12.4 Å². The second kappa shape index (κ2) is 8.22. The Hall–Kier alpha value is -1.72. The molecule has 2 aromatic carbocycles. The summed E-state index contributed by atoms with van der Waals surface area (Å²) >= 11 is 0. The van der Waals surface area contributed by atoms with E-state index in [1.165, 1.54) is 12.1 Å². The molecular formula is C17H19ClF3NO. The average molecular weight is 346 g/mol. The van der Waals surface area contributed by atoms with Crippen LogP contribution in [0.2, 0.25) is 0 Å². The van der Waals surface area contributed by atoms with Crippen molar-refractivity contribution in [3.05, 3.63) is 65.2 Å². The number of halogens is 4. The van der Waals surface area contributed by atoms with Crippen LogP contribution in [0.4, 0.5) is 13.2 Å². The molecule has 0 radical (unpaired) electrons. The summed E-state index contributed by atoms with van der Waals surface area (Å²) in [5.41, 5.74) is 6.99. The Morgan fingerprint density at radius 2 is 1.65 bits per heavy atom. The SMILES string of the molecule is Cc1ccccc1C(CCN)Oc1ccc(C(F)(F)F)cc1.Cl. The van der Waals surface area contributed by atoms with Crippen LogP contribution < -0.4 is 10.5 Å². The molecule has 1 atom stereocenters. The van der Waals surface area contributed by atoms with Crippen molar-refractivity contribution >= 4 is 12.4 Å². The molecule has 0 aliphatic heterocycles. The molecule has 2 rings (SSSR count). The highest BCUT2D eigenvalue weighted by Crippen LogP contribution is 2.32. The van der Waals surface area contributed by atoms with E-state index in [1.54, 1.807) is 0 Å². The highest BCUT2D eigenvalue weighted by molar-refractivity contribution is 5.85. The first kappa shape index (κ1) is 19.3. The largest absolute Gasteiger partial charge is 0.486 e. The Bertz CT molecular complexity index is 614. The molecule has 0 aromatic heterocycles. The third kappa shape index (κ3) is 5.15. The minimum Gasteiger partial charge on any atom is -0.486 e. The predicted molar refractivity (Wildman–Crippen MR) is 86.9 cm³/mol. The van der Waals surface area contributed by atoms with Crippen molar-refractivity contribution in [3.63, 3.8) is 0 Å². The average Bonchev–Trinajstić information content (AvgIpc) is 2.47. The Morgan fingerprint density at radius 1 is 1.04 bits per heavy atom. The summed E-state index contributed by atoms with van der Waals surface area (Å²) in [5, 5.41) is 0. The fourth-order valence-corrected chi connectivity index (χ4v) is 2.26. The van der Waals surface area contributed by atoms with Gasteiger partial charge in [-0.05, 0) is 48.9 Å². The Morgan fingerprint density at radius 3 is 2.17 bits per heavy atom. The summed E-state index contributed by atoms with van der Waals surface area (Å²) in [6.45, 7) is 2.40.